The van der Waals surface area contributed by atoms with Crippen molar-refractivity contribution >= 4 is 5.96 Å². The molecule has 1 aromatic carbocycles. The van der Waals surface area contributed by atoms with Crippen molar-refractivity contribution in [1.82, 2.24) is 5.32 Å². The molecule has 0 aliphatic heterocycles. The van der Waals surface area contributed by atoms with E-state index in [-0.39, 0.29) is 0 Å². The Morgan fingerprint density at radius 3 is 2.61 bits per heavy atom. The lowest BCUT2D eigenvalue weighted by Gasteiger charge is -2.04. The number of nitrogens with one attached hydrogen (secondary N) is 1. The molecule has 5 N–H and O–H groups in total. The minimum atomic E-state index is 0.542. The Balaban J connectivity index is 2.08. The predicted octanol–water partition coefficient (Wildman–Crippen LogP) is 1.26. The highest BCUT2D eigenvalue weighted by Gasteiger charge is 1.93. The molecule has 0 aromatic heterocycles. The largest absolute Gasteiger partial charge is 0.370 e. The number of guanidine groups is 1. The molecule has 1 rings (SSSR count). The first-order valence-corrected chi connectivity index (χ1v) is 6.60. The molecule has 0 heterocycles. The summed E-state index contributed by atoms with van der Waals surface area (Å²) in [6.45, 7) is 2.35. The van der Waals surface area contributed by atoms with Gasteiger partial charge in [0.1, 0.15) is 0 Å². The summed E-state index contributed by atoms with van der Waals surface area (Å²) in [7, 11) is 0. The van der Waals surface area contributed by atoms with Gasteiger partial charge in [0.05, 0.1) is 0 Å². The van der Waals surface area contributed by atoms with E-state index in [2.05, 4.69) is 34.6 Å². The number of rotatable bonds is 8. The van der Waals surface area contributed by atoms with Crippen molar-refractivity contribution in [2.75, 3.05) is 19.6 Å². The molecule has 0 fully saturated rings. The Kier molecular flexibility index (Phi) is 7.64. The van der Waals surface area contributed by atoms with Crippen molar-refractivity contribution in [3.63, 3.8) is 0 Å². The molecule has 0 radical (unpaired) electrons. The first kappa shape index (κ1) is 14.5. The van der Waals surface area contributed by atoms with Gasteiger partial charge in [0, 0.05) is 13.1 Å². The van der Waals surface area contributed by atoms with Crippen LogP contribution >= 0.6 is 0 Å². The number of nitrogens with two attached hydrogens (primary N) is 2. The lowest BCUT2D eigenvalue weighted by molar-refractivity contribution is 0.712. The number of nitrogens with zero attached hydrogens (tertiary/aromatic N) is 1. The summed E-state index contributed by atoms with van der Waals surface area (Å²) in [6, 6.07) is 10.4. The molecule has 1 aromatic rings. The molecule has 4 heteroatoms. The second-order valence-electron chi connectivity index (χ2n) is 4.28. The summed E-state index contributed by atoms with van der Waals surface area (Å²) in [6.07, 6.45) is 4.13. The number of benzene rings is 1. The van der Waals surface area contributed by atoms with Gasteiger partial charge in [-0.25, -0.2) is 0 Å². The average molecular weight is 248 g/mol. The number of unbranched alkanes of at least 4 members (excludes halogenated alkanes) is 1. The molecule has 0 aliphatic rings. The van der Waals surface area contributed by atoms with Crippen LogP contribution in [0.1, 0.15) is 24.8 Å². The van der Waals surface area contributed by atoms with E-state index in [1.165, 1.54) is 5.56 Å². The van der Waals surface area contributed by atoms with E-state index in [4.69, 9.17) is 11.5 Å². The smallest absolute Gasteiger partial charge is 0.188 e. The van der Waals surface area contributed by atoms with Crippen LogP contribution in [0.4, 0.5) is 0 Å². The van der Waals surface area contributed by atoms with Crippen LogP contribution in [0.15, 0.2) is 35.3 Å². The summed E-state index contributed by atoms with van der Waals surface area (Å²) in [5.41, 5.74) is 12.5. The Hall–Kier alpha value is -1.55. The van der Waals surface area contributed by atoms with Gasteiger partial charge in [0.2, 0.25) is 0 Å². The van der Waals surface area contributed by atoms with Crippen LogP contribution in [0.2, 0.25) is 0 Å². The maximum Gasteiger partial charge on any atom is 0.188 e. The lowest BCUT2D eigenvalue weighted by atomic mass is 10.1. The SMILES string of the molecule is NCCCCNC(N)=NCCCc1ccccc1. The minimum Gasteiger partial charge on any atom is -0.370 e. The normalized spacial score (nSPS) is 11.5. The van der Waals surface area contributed by atoms with E-state index in [1.807, 2.05) is 6.07 Å². The fourth-order valence-corrected chi connectivity index (χ4v) is 1.67. The number of hydrogen-bond acceptors (Lipinski definition) is 2. The standard InChI is InChI=1S/C14H24N4/c15-10-4-5-11-17-14(16)18-12-6-9-13-7-2-1-3-8-13/h1-3,7-8H,4-6,9-12,15H2,(H3,16,17,18). The van der Waals surface area contributed by atoms with Crippen molar-refractivity contribution in [3.05, 3.63) is 35.9 Å². The van der Waals surface area contributed by atoms with Gasteiger partial charge in [-0.05, 0) is 37.8 Å². The monoisotopic (exact) mass is 248 g/mol. The van der Waals surface area contributed by atoms with Gasteiger partial charge >= 0.3 is 0 Å². The lowest BCUT2D eigenvalue weighted by Crippen LogP contribution is -2.32. The van der Waals surface area contributed by atoms with Gasteiger partial charge in [0.15, 0.2) is 5.96 Å². The molecule has 0 atom stereocenters. The van der Waals surface area contributed by atoms with Crippen LogP contribution in [0.25, 0.3) is 0 Å². The first-order chi connectivity index (χ1) is 8.83. The van der Waals surface area contributed by atoms with E-state index in [0.29, 0.717) is 5.96 Å². The van der Waals surface area contributed by atoms with E-state index >= 15 is 0 Å². The van der Waals surface area contributed by atoms with Crippen molar-refractivity contribution in [2.45, 2.75) is 25.7 Å². The van der Waals surface area contributed by atoms with E-state index in [1.54, 1.807) is 0 Å². The average Bonchev–Trinajstić information content (AvgIpc) is 2.41. The van der Waals surface area contributed by atoms with Gasteiger partial charge in [0.25, 0.3) is 0 Å². The predicted molar refractivity (Wildman–Crippen MR) is 77.5 cm³/mol. The molecule has 100 valence electrons. The first-order valence-electron chi connectivity index (χ1n) is 6.60. The van der Waals surface area contributed by atoms with Gasteiger partial charge < -0.3 is 16.8 Å². The Bertz CT molecular complexity index is 335. The molecular weight excluding hydrogens is 224 g/mol. The summed E-state index contributed by atoms with van der Waals surface area (Å²) >= 11 is 0. The zero-order valence-corrected chi connectivity index (χ0v) is 10.9. The van der Waals surface area contributed by atoms with Gasteiger partial charge in [-0.2, -0.15) is 0 Å². The quantitative estimate of drug-likeness (QED) is 0.368. The number of hydrogen-bond donors (Lipinski definition) is 3. The second kappa shape index (κ2) is 9.48. The summed E-state index contributed by atoms with van der Waals surface area (Å²) in [5.74, 6) is 0.542. The molecule has 0 bridgehead atoms. The zero-order valence-electron chi connectivity index (χ0n) is 10.9. The Morgan fingerprint density at radius 2 is 1.89 bits per heavy atom. The van der Waals surface area contributed by atoms with Crippen molar-refractivity contribution in [3.8, 4) is 0 Å². The van der Waals surface area contributed by atoms with Gasteiger partial charge in [-0.1, -0.05) is 30.3 Å². The van der Waals surface area contributed by atoms with Crippen molar-refractivity contribution in [1.29, 1.82) is 0 Å². The highest BCUT2D eigenvalue weighted by Crippen LogP contribution is 2.01. The van der Waals surface area contributed by atoms with E-state index < -0.39 is 0 Å². The summed E-state index contributed by atoms with van der Waals surface area (Å²) < 4.78 is 0. The highest BCUT2D eigenvalue weighted by molar-refractivity contribution is 5.77. The maximum atomic E-state index is 5.74. The van der Waals surface area contributed by atoms with Crippen molar-refractivity contribution in [2.24, 2.45) is 16.5 Å². The van der Waals surface area contributed by atoms with E-state index in [9.17, 15) is 0 Å². The second-order valence-corrected chi connectivity index (χ2v) is 4.28. The molecule has 0 aliphatic carbocycles. The molecular formula is C14H24N4. The van der Waals surface area contributed by atoms with Crippen LogP contribution in [0.3, 0.4) is 0 Å². The fraction of sp³-hybridized carbons (Fsp3) is 0.500. The van der Waals surface area contributed by atoms with Gasteiger partial charge in [-0.15, -0.1) is 0 Å². The van der Waals surface area contributed by atoms with Gasteiger partial charge in [-0.3, -0.25) is 4.99 Å². The molecule has 0 unspecified atom stereocenters. The molecule has 0 saturated heterocycles. The number of aliphatic imine (C=N–C) groups is 1. The minimum absolute atomic E-state index is 0.542. The van der Waals surface area contributed by atoms with Crippen LogP contribution < -0.4 is 16.8 Å². The van der Waals surface area contributed by atoms with E-state index in [0.717, 1.165) is 45.3 Å². The van der Waals surface area contributed by atoms with Crippen LogP contribution in [0, 0.1) is 0 Å². The molecule has 0 spiro atoms. The Labute approximate surface area is 109 Å². The fourth-order valence-electron chi connectivity index (χ4n) is 1.67. The van der Waals surface area contributed by atoms with Crippen LogP contribution in [0.5, 0.6) is 0 Å². The molecule has 4 nitrogen and oxygen atoms in total. The molecule has 0 amide bonds. The summed E-state index contributed by atoms with van der Waals surface area (Å²) in [4.78, 5) is 4.29. The Morgan fingerprint density at radius 1 is 1.11 bits per heavy atom. The highest BCUT2D eigenvalue weighted by atomic mass is 15.1. The van der Waals surface area contributed by atoms with Crippen LogP contribution in [-0.4, -0.2) is 25.6 Å². The third-order valence-corrected chi connectivity index (χ3v) is 2.69. The molecule has 18 heavy (non-hydrogen) atoms. The maximum absolute atomic E-state index is 5.74. The molecule has 0 saturated carbocycles. The van der Waals surface area contributed by atoms with Crippen LogP contribution in [-0.2, 0) is 6.42 Å². The third-order valence-electron chi connectivity index (χ3n) is 2.69. The topological polar surface area (TPSA) is 76.4 Å². The number of aryl methyl sites for hydroxylation is 1. The zero-order chi connectivity index (χ0) is 13.1. The third kappa shape index (κ3) is 6.91. The van der Waals surface area contributed by atoms with Crippen molar-refractivity contribution < 1.29 is 0 Å². The summed E-state index contributed by atoms with van der Waals surface area (Å²) in [5, 5.41) is 3.09.